The van der Waals surface area contributed by atoms with Crippen LogP contribution in [0.5, 0.6) is 0 Å². The Balaban J connectivity index is 1.59. The Bertz CT molecular complexity index is 500. The third-order valence-electron chi connectivity index (χ3n) is 3.63. The summed E-state index contributed by atoms with van der Waals surface area (Å²) in [4.78, 5) is 0. The molecule has 0 bridgehead atoms. The molecule has 1 atom stereocenters. The molecule has 4 heteroatoms. The monoisotopic (exact) mass is 256 g/mol. The van der Waals surface area contributed by atoms with Gasteiger partial charge in [0.15, 0.2) is 0 Å². The molecule has 1 aromatic heterocycles. The maximum Gasteiger partial charge on any atom is 0.0870 e. The van der Waals surface area contributed by atoms with E-state index in [0.717, 1.165) is 25.2 Å². The number of aromatic nitrogens is 3. The minimum Gasteiger partial charge on any atom is -0.312 e. The lowest BCUT2D eigenvalue weighted by molar-refractivity contribution is 0.348. The number of nitrogens with one attached hydrogen (secondary N) is 1. The molecule has 1 aliphatic heterocycles. The fraction of sp³-hybridized carbons (Fsp3) is 0.467. The van der Waals surface area contributed by atoms with E-state index in [1.807, 2.05) is 10.7 Å². The lowest BCUT2D eigenvalue weighted by Crippen LogP contribution is -2.37. The van der Waals surface area contributed by atoms with Crippen LogP contribution in [0, 0.1) is 0 Å². The molecule has 1 saturated heterocycles. The Morgan fingerprint density at radius 1 is 1.21 bits per heavy atom. The number of nitrogens with zero attached hydrogens (tertiary/aromatic N) is 3. The first-order valence-corrected chi connectivity index (χ1v) is 7.06. The molecule has 1 fully saturated rings. The first kappa shape index (κ1) is 12.4. The second-order valence-electron chi connectivity index (χ2n) is 5.24. The van der Waals surface area contributed by atoms with Crippen molar-refractivity contribution in [2.45, 2.75) is 38.3 Å². The SMILES string of the molecule is c1ccc(Cc2cn(CC3CCCCN3)nn2)cc1. The molecule has 0 spiro atoms. The van der Waals surface area contributed by atoms with Gasteiger partial charge in [0.1, 0.15) is 0 Å². The van der Waals surface area contributed by atoms with Crippen LogP contribution in [-0.2, 0) is 13.0 Å². The fourth-order valence-corrected chi connectivity index (χ4v) is 2.62. The van der Waals surface area contributed by atoms with Crippen molar-refractivity contribution in [3.8, 4) is 0 Å². The van der Waals surface area contributed by atoms with Crippen LogP contribution in [0.2, 0.25) is 0 Å². The van der Waals surface area contributed by atoms with Crippen molar-refractivity contribution in [3.05, 3.63) is 47.8 Å². The minimum absolute atomic E-state index is 0.556. The van der Waals surface area contributed by atoms with Crippen molar-refractivity contribution in [1.82, 2.24) is 20.3 Å². The van der Waals surface area contributed by atoms with Gasteiger partial charge >= 0.3 is 0 Å². The molecule has 4 nitrogen and oxygen atoms in total. The topological polar surface area (TPSA) is 42.7 Å². The largest absolute Gasteiger partial charge is 0.312 e. The molecule has 2 heterocycles. The average Bonchev–Trinajstić information content (AvgIpc) is 2.88. The van der Waals surface area contributed by atoms with Crippen molar-refractivity contribution in [1.29, 1.82) is 0 Å². The molecule has 0 saturated carbocycles. The molecule has 3 rings (SSSR count). The van der Waals surface area contributed by atoms with E-state index >= 15 is 0 Å². The number of benzene rings is 1. The number of rotatable bonds is 4. The van der Waals surface area contributed by atoms with Crippen LogP contribution in [0.4, 0.5) is 0 Å². The van der Waals surface area contributed by atoms with Gasteiger partial charge in [-0.2, -0.15) is 0 Å². The van der Waals surface area contributed by atoms with E-state index in [1.165, 1.54) is 24.8 Å². The van der Waals surface area contributed by atoms with Crippen LogP contribution in [0.1, 0.15) is 30.5 Å². The van der Waals surface area contributed by atoms with E-state index in [1.54, 1.807) is 0 Å². The predicted octanol–water partition coefficient (Wildman–Crippen LogP) is 2.01. The molecular weight excluding hydrogens is 236 g/mol. The zero-order chi connectivity index (χ0) is 12.9. The maximum absolute atomic E-state index is 4.26. The Labute approximate surface area is 113 Å². The lowest BCUT2D eigenvalue weighted by Gasteiger charge is -2.22. The third-order valence-corrected chi connectivity index (χ3v) is 3.63. The van der Waals surface area contributed by atoms with Gasteiger partial charge in [0.2, 0.25) is 0 Å². The predicted molar refractivity (Wildman–Crippen MR) is 74.9 cm³/mol. The molecule has 0 radical (unpaired) electrons. The van der Waals surface area contributed by atoms with E-state index < -0.39 is 0 Å². The summed E-state index contributed by atoms with van der Waals surface area (Å²) in [6.07, 6.45) is 6.80. The average molecular weight is 256 g/mol. The summed E-state index contributed by atoms with van der Waals surface area (Å²) in [5.41, 5.74) is 2.33. The molecular formula is C15H20N4. The number of hydrogen-bond donors (Lipinski definition) is 1. The molecule has 1 N–H and O–H groups in total. The summed E-state index contributed by atoms with van der Waals surface area (Å²) in [6, 6.07) is 11.0. The normalized spacial score (nSPS) is 19.5. The van der Waals surface area contributed by atoms with Crippen molar-refractivity contribution in [3.63, 3.8) is 0 Å². The first-order chi connectivity index (χ1) is 9.40. The summed E-state index contributed by atoms with van der Waals surface area (Å²) in [5.74, 6) is 0. The van der Waals surface area contributed by atoms with Crippen LogP contribution >= 0.6 is 0 Å². The molecule has 0 aliphatic carbocycles. The summed E-state index contributed by atoms with van der Waals surface area (Å²) in [5, 5.41) is 12.0. The highest BCUT2D eigenvalue weighted by atomic mass is 15.4. The second kappa shape index (κ2) is 5.97. The van der Waals surface area contributed by atoms with E-state index in [9.17, 15) is 0 Å². The summed E-state index contributed by atoms with van der Waals surface area (Å²) < 4.78 is 1.97. The minimum atomic E-state index is 0.556. The van der Waals surface area contributed by atoms with Crippen LogP contribution in [-0.4, -0.2) is 27.6 Å². The number of piperidine rings is 1. The molecule has 1 unspecified atom stereocenters. The Morgan fingerprint density at radius 3 is 2.89 bits per heavy atom. The Kier molecular flexibility index (Phi) is 3.89. The second-order valence-corrected chi connectivity index (χ2v) is 5.24. The molecule has 1 aromatic carbocycles. The standard InChI is InChI=1S/C15H20N4/c1-2-6-13(7-3-1)10-15-12-19(18-17-15)11-14-8-4-5-9-16-14/h1-3,6-7,12,14,16H,4-5,8-11H2. The van der Waals surface area contributed by atoms with Gasteiger partial charge in [-0.1, -0.05) is 42.0 Å². The van der Waals surface area contributed by atoms with Gasteiger partial charge in [0.25, 0.3) is 0 Å². The molecule has 0 amide bonds. The molecule has 19 heavy (non-hydrogen) atoms. The van der Waals surface area contributed by atoms with E-state index in [2.05, 4.69) is 46.1 Å². The van der Waals surface area contributed by atoms with Crippen LogP contribution in [0.25, 0.3) is 0 Å². The third kappa shape index (κ3) is 3.41. The van der Waals surface area contributed by atoms with Gasteiger partial charge in [-0.25, -0.2) is 0 Å². The zero-order valence-electron chi connectivity index (χ0n) is 11.1. The summed E-state index contributed by atoms with van der Waals surface area (Å²) >= 11 is 0. The quantitative estimate of drug-likeness (QED) is 0.910. The highest BCUT2D eigenvalue weighted by Crippen LogP contribution is 2.10. The first-order valence-electron chi connectivity index (χ1n) is 7.06. The van der Waals surface area contributed by atoms with Gasteiger partial charge in [-0.15, -0.1) is 5.10 Å². The number of hydrogen-bond acceptors (Lipinski definition) is 3. The van der Waals surface area contributed by atoms with Crippen LogP contribution < -0.4 is 5.32 Å². The van der Waals surface area contributed by atoms with E-state index in [0.29, 0.717) is 6.04 Å². The van der Waals surface area contributed by atoms with Gasteiger partial charge in [-0.05, 0) is 24.9 Å². The molecule has 100 valence electrons. The van der Waals surface area contributed by atoms with Crippen molar-refractivity contribution in [2.24, 2.45) is 0 Å². The summed E-state index contributed by atoms with van der Waals surface area (Å²) in [7, 11) is 0. The highest BCUT2D eigenvalue weighted by Gasteiger charge is 2.13. The smallest absolute Gasteiger partial charge is 0.0870 e. The van der Waals surface area contributed by atoms with Gasteiger partial charge in [0, 0.05) is 18.7 Å². The fourth-order valence-electron chi connectivity index (χ4n) is 2.62. The highest BCUT2D eigenvalue weighted by molar-refractivity contribution is 5.19. The lowest BCUT2D eigenvalue weighted by atomic mass is 10.1. The molecule has 2 aromatic rings. The van der Waals surface area contributed by atoms with E-state index in [4.69, 9.17) is 0 Å². The van der Waals surface area contributed by atoms with Crippen LogP contribution in [0.3, 0.4) is 0 Å². The zero-order valence-corrected chi connectivity index (χ0v) is 11.1. The Morgan fingerprint density at radius 2 is 2.11 bits per heavy atom. The summed E-state index contributed by atoms with van der Waals surface area (Å²) in [6.45, 7) is 2.07. The van der Waals surface area contributed by atoms with Gasteiger partial charge in [0.05, 0.1) is 12.2 Å². The van der Waals surface area contributed by atoms with Crippen molar-refractivity contribution in [2.75, 3.05) is 6.54 Å². The van der Waals surface area contributed by atoms with E-state index in [-0.39, 0.29) is 0 Å². The van der Waals surface area contributed by atoms with Gasteiger partial charge < -0.3 is 5.32 Å². The van der Waals surface area contributed by atoms with Crippen molar-refractivity contribution < 1.29 is 0 Å². The Hall–Kier alpha value is -1.68. The van der Waals surface area contributed by atoms with Crippen LogP contribution in [0.15, 0.2) is 36.5 Å². The van der Waals surface area contributed by atoms with Crippen molar-refractivity contribution >= 4 is 0 Å². The van der Waals surface area contributed by atoms with Gasteiger partial charge in [-0.3, -0.25) is 4.68 Å². The maximum atomic E-state index is 4.26. The molecule has 1 aliphatic rings.